The zero-order chi connectivity index (χ0) is 36.9. The second kappa shape index (κ2) is 11.9. The summed E-state index contributed by atoms with van der Waals surface area (Å²) in [7, 11) is 0. The Hall–Kier alpha value is -4.82. The van der Waals surface area contributed by atoms with E-state index in [1.807, 2.05) is 0 Å². The van der Waals surface area contributed by atoms with Gasteiger partial charge in [0.2, 0.25) is 23.3 Å². The van der Waals surface area contributed by atoms with Crippen molar-refractivity contribution in [3.8, 4) is 43.1 Å². The van der Waals surface area contributed by atoms with Gasteiger partial charge in [-0.2, -0.15) is 0 Å². The van der Waals surface area contributed by atoms with Crippen molar-refractivity contribution in [1.82, 2.24) is 0 Å². The minimum absolute atomic E-state index is 1.16. The summed E-state index contributed by atoms with van der Waals surface area (Å²) < 4.78 is 292. The molecule has 1 heterocycles. The van der Waals surface area contributed by atoms with E-state index < -0.39 is 171 Å². The SMILES string of the molecule is Fc1c(F)c(F)c(-c2sc(-c3c(F)c(F)c(F)c(F)c3F)c(-c3c(F)c(F)c(F)c(F)c3F)c2-c2c(F)c(F)c(F)c(F)c2F)c(F)c1F. The molecule has 4 aromatic carbocycles. The molecule has 0 bridgehead atoms. The van der Waals surface area contributed by atoms with Crippen LogP contribution >= 0.6 is 11.3 Å². The molecule has 0 aliphatic heterocycles. The number of rotatable bonds is 4. The van der Waals surface area contributed by atoms with Gasteiger partial charge in [0.05, 0.1) is 22.3 Å². The van der Waals surface area contributed by atoms with Gasteiger partial charge in [-0.05, 0) is 0 Å². The van der Waals surface area contributed by atoms with E-state index in [-0.39, 0.29) is 0 Å². The molecular weight excluding hydrogens is 748 g/mol. The molecule has 0 spiro atoms. The van der Waals surface area contributed by atoms with Crippen LogP contribution in [0, 0.1) is 116 Å². The van der Waals surface area contributed by atoms with E-state index in [1.165, 1.54) is 0 Å². The molecule has 0 saturated carbocycles. The Kier molecular flexibility index (Phi) is 8.65. The van der Waals surface area contributed by atoms with Crippen LogP contribution < -0.4 is 0 Å². The lowest BCUT2D eigenvalue weighted by molar-refractivity contribution is 0.380. The van der Waals surface area contributed by atoms with Crippen LogP contribution in [-0.2, 0) is 0 Å². The molecule has 0 fully saturated rings. The van der Waals surface area contributed by atoms with E-state index in [9.17, 15) is 52.7 Å². The first-order chi connectivity index (χ1) is 22.7. The van der Waals surface area contributed by atoms with Crippen molar-refractivity contribution >= 4 is 11.3 Å². The second-order valence-electron chi connectivity index (χ2n) is 9.29. The maximum absolute atomic E-state index is 15.3. The number of benzene rings is 4. The van der Waals surface area contributed by atoms with Crippen LogP contribution in [0.25, 0.3) is 43.1 Å². The van der Waals surface area contributed by atoms with E-state index >= 15 is 35.1 Å². The molecule has 1 aromatic heterocycles. The summed E-state index contributed by atoms with van der Waals surface area (Å²) in [5, 5.41) is 0. The zero-order valence-corrected chi connectivity index (χ0v) is 22.8. The topological polar surface area (TPSA) is 0 Å². The Labute approximate surface area is 259 Å². The highest BCUT2D eigenvalue weighted by Gasteiger charge is 2.41. The lowest BCUT2D eigenvalue weighted by Crippen LogP contribution is -2.09. The summed E-state index contributed by atoms with van der Waals surface area (Å²) >= 11 is -1.16. The quantitative estimate of drug-likeness (QED) is 0.0976. The van der Waals surface area contributed by atoms with E-state index in [4.69, 9.17) is 0 Å². The zero-order valence-electron chi connectivity index (χ0n) is 22.0. The van der Waals surface area contributed by atoms with Gasteiger partial charge in [0.25, 0.3) is 0 Å². The van der Waals surface area contributed by atoms with Gasteiger partial charge in [-0.25, -0.2) is 87.8 Å². The van der Waals surface area contributed by atoms with Gasteiger partial charge < -0.3 is 0 Å². The summed E-state index contributed by atoms with van der Waals surface area (Å²) in [4.78, 5) is -4.51. The molecule has 0 radical (unpaired) electrons. The van der Waals surface area contributed by atoms with Crippen molar-refractivity contribution in [2.75, 3.05) is 0 Å². The number of hydrogen-bond acceptors (Lipinski definition) is 1. The standard InChI is InChI=1S/C28F20S/c29-7-3(8(30)16(38)23(45)15(7)37)1-2(4-9(31)17(39)24(46)18(40)10(4)32)28(6-13(35)21(43)26(48)22(44)14(6)36)49-27(1)5-11(33)19(41)25(47)20(42)12(5)34. The van der Waals surface area contributed by atoms with E-state index in [0.29, 0.717) is 0 Å². The third-order valence-corrected chi connectivity index (χ3v) is 7.93. The van der Waals surface area contributed by atoms with Crippen LogP contribution in [0.5, 0.6) is 0 Å². The summed E-state index contributed by atoms with van der Waals surface area (Å²) in [5.41, 5.74) is -15.7. The lowest BCUT2D eigenvalue weighted by atomic mass is 9.89. The first kappa shape index (κ1) is 35.5. The molecule has 0 N–H and O–H groups in total. The molecule has 0 saturated heterocycles. The van der Waals surface area contributed by atoms with Gasteiger partial charge in [0.1, 0.15) is 0 Å². The van der Waals surface area contributed by atoms with E-state index in [0.717, 1.165) is 0 Å². The second-order valence-corrected chi connectivity index (χ2v) is 10.3. The third-order valence-electron chi connectivity index (χ3n) is 6.70. The minimum Gasteiger partial charge on any atom is -0.203 e. The highest BCUT2D eigenvalue weighted by Crippen LogP contribution is 2.57. The van der Waals surface area contributed by atoms with Crippen molar-refractivity contribution in [3.63, 3.8) is 0 Å². The molecule has 0 nitrogen and oxygen atoms in total. The van der Waals surface area contributed by atoms with Crippen molar-refractivity contribution < 1.29 is 87.8 Å². The lowest BCUT2D eigenvalue weighted by Gasteiger charge is -2.16. The Morgan fingerprint density at radius 2 is 0.306 bits per heavy atom. The predicted octanol–water partition coefficient (Wildman–Crippen LogP) is 11.2. The van der Waals surface area contributed by atoms with Gasteiger partial charge in [-0.3, -0.25) is 0 Å². The summed E-state index contributed by atoms with van der Waals surface area (Å²) in [6.45, 7) is 0. The monoisotopic (exact) mass is 748 g/mol. The number of halogens is 20. The molecule has 5 rings (SSSR count). The molecule has 49 heavy (non-hydrogen) atoms. The smallest absolute Gasteiger partial charge is 0.200 e. The highest BCUT2D eigenvalue weighted by atomic mass is 32.1. The third kappa shape index (κ3) is 4.83. The summed E-state index contributed by atoms with van der Waals surface area (Å²) in [6, 6.07) is 0. The molecule has 0 atom stereocenters. The molecule has 0 unspecified atom stereocenters. The first-order valence-electron chi connectivity index (χ1n) is 11.9. The molecule has 0 aliphatic carbocycles. The molecule has 21 heteroatoms. The predicted molar refractivity (Wildman–Crippen MR) is 125 cm³/mol. The normalized spacial score (nSPS) is 11.7. The van der Waals surface area contributed by atoms with Crippen molar-refractivity contribution in [2.24, 2.45) is 0 Å². The average molecular weight is 748 g/mol. The van der Waals surface area contributed by atoms with E-state index in [2.05, 4.69) is 0 Å². The first-order valence-corrected chi connectivity index (χ1v) is 12.8. The van der Waals surface area contributed by atoms with Gasteiger partial charge in [-0.1, -0.05) is 0 Å². The summed E-state index contributed by atoms with van der Waals surface area (Å²) in [6.07, 6.45) is 0. The van der Waals surface area contributed by atoms with Crippen molar-refractivity contribution in [2.45, 2.75) is 0 Å². The highest BCUT2D eigenvalue weighted by molar-refractivity contribution is 7.20. The van der Waals surface area contributed by atoms with Crippen LogP contribution in [0.3, 0.4) is 0 Å². The largest absolute Gasteiger partial charge is 0.203 e. The van der Waals surface area contributed by atoms with Crippen LogP contribution in [0.4, 0.5) is 87.8 Å². The molecule has 258 valence electrons. The maximum Gasteiger partial charge on any atom is 0.200 e. The van der Waals surface area contributed by atoms with Gasteiger partial charge >= 0.3 is 0 Å². The number of hydrogen-bond donors (Lipinski definition) is 0. The number of thiophene rings is 1. The van der Waals surface area contributed by atoms with Crippen LogP contribution in [0.15, 0.2) is 0 Å². The fourth-order valence-corrected chi connectivity index (χ4v) is 5.90. The Balaban J connectivity index is 2.25. The molecule has 0 amide bonds. The molecule has 5 aromatic rings. The van der Waals surface area contributed by atoms with Crippen molar-refractivity contribution in [3.05, 3.63) is 116 Å². The molecular formula is C28F20S. The maximum atomic E-state index is 15.3. The fraction of sp³-hybridized carbons (Fsp3) is 0. The Bertz CT molecular complexity index is 2010. The average Bonchev–Trinajstić information content (AvgIpc) is 3.42. The molecule has 0 aliphatic rings. The van der Waals surface area contributed by atoms with Gasteiger partial charge in [0, 0.05) is 20.9 Å². The van der Waals surface area contributed by atoms with E-state index in [1.54, 1.807) is 0 Å². The Morgan fingerprint density at radius 1 is 0.163 bits per heavy atom. The van der Waals surface area contributed by atoms with Gasteiger partial charge in [-0.15, -0.1) is 11.3 Å². The van der Waals surface area contributed by atoms with Crippen LogP contribution in [-0.4, -0.2) is 0 Å². The minimum atomic E-state index is -3.16. The van der Waals surface area contributed by atoms with Crippen LogP contribution in [0.2, 0.25) is 0 Å². The van der Waals surface area contributed by atoms with Crippen LogP contribution in [0.1, 0.15) is 0 Å². The fourth-order valence-electron chi connectivity index (χ4n) is 4.52. The summed E-state index contributed by atoms with van der Waals surface area (Å²) in [5.74, 6) is -61.8. The van der Waals surface area contributed by atoms with Gasteiger partial charge in [0.15, 0.2) is 93.1 Å². The Morgan fingerprint density at radius 3 is 0.490 bits per heavy atom. The van der Waals surface area contributed by atoms with Crippen molar-refractivity contribution in [1.29, 1.82) is 0 Å².